The van der Waals surface area contributed by atoms with E-state index in [9.17, 15) is 26.3 Å². The van der Waals surface area contributed by atoms with Crippen LogP contribution in [0.4, 0.5) is 37.7 Å². The van der Waals surface area contributed by atoms with Gasteiger partial charge in [0.1, 0.15) is 0 Å². The first-order valence-electron chi connectivity index (χ1n) is 9.37. The molecule has 0 radical (unpaired) electrons. The normalized spacial score (nSPS) is 12.6. The van der Waals surface area contributed by atoms with Crippen LogP contribution in [0.1, 0.15) is 36.4 Å². The Labute approximate surface area is 208 Å². The molecular weight excluding hydrogens is 524 g/mol. The average molecular weight is 542 g/mol. The minimum Gasteiger partial charge on any atom is -0.251 e. The molecule has 0 spiro atoms. The Morgan fingerprint density at radius 1 is 0.618 bits per heavy atom. The summed E-state index contributed by atoms with van der Waals surface area (Å²) >= 11 is 0. The van der Waals surface area contributed by atoms with E-state index < -0.39 is 23.5 Å². The fraction of sp³-hybridized carbons (Fsp3) is 0.174. The van der Waals surface area contributed by atoms with Gasteiger partial charge in [0.25, 0.3) is 0 Å². The molecule has 0 fully saturated rings. The molecule has 0 amide bonds. The van der Waals surface area contributed by atoms with Crippen LogP contribution in [0.5, 0.6) is 0 Å². The van der Waals surface area contributed by atoms with Crippen molar-refractivity contribution >= 4 is 35.2 Å². The van der Waals surface area contributed by atoms with Gasteiger partial charge in [-0.1, -0.05) is 30.3 Å². The topological polar surface area (TPSA) is 37.6 Å². The van der Waals surface area contributed by atoms with Crippen molar-refractivity contribution in [1.29, 1.82) is 0 Å². The molecule has 0 saturated carbocycles. The van der Waals surface area contributed by atoms with E-state index >= 15 is 0 Å². The second kappa shape index (κ2) is 11.6. The van der Waals surface area contributed by atoms with E-state index in [1.807, 2.05) is 0 Å². The summed E-state index contributed by atoms with van der Waals surface area (Å²) in [5, 5.41) is 0. The van der Waals surface area contributed by atoms with Gasteiger partial charge in [-0.15, -0.1) is 12.4 Å². The number of aromatic nitrogens is 1. The molecule has 1 aromatic heterocycles. The molecule has 3 rings (SSSR count). The van der Waals surface area contributed by atoms with E-state index in [1.54, 1.807) is 18.2 Å². The van der Waals surface area contributed by atoms with Crippen molar-refractivity contribution in [3.8, 4) is 0 Å². The monoisotopic (exact) mass is 541 g/mol. The molecule has 0 N–H and O–H groups in total. The molecule has 34 heavy (non-hydrogen) atoms. The number of nitrogens with zero attached hydrogens (tertiary/aromatic N) is 3. The maximum absolute atomic E-state index is 13.2. The van der Waals surface area contributed by atoms with Gasteiger partial charge in [0.2, 0.25) is 0 Å². The SMILES string of the molecule is C/C(=N\c1ccccc1C(F)(F)F)c1cccc(/C(C)=N/c2ccccc2C(F)(F)F)n1.Cl.[Fe]. The molecule has 0 aliphatic heterocycles. The number of halogens is 7. The summed E-state index contributed by atoms with van der Waals surface area (Å²) in [4.78, 5) is 12.5. The molecule has 1 heterocycles. The summed E-state index contributed by atoms with van der Waals surface area (Å²) in [6.45, 7) is 3.01. The number of hydrogen-bond acceptors (Lipinski definition) is 3. The van der Waals surface area contributed by atoms with E-state index in [-0.39, 0.29) is 63.7 Å². The van der Waals surface area contributed by atoms with Gasteiger partial charge in [-0.05, 0) is 50.2 Å². The third kappa shape index (κ3) is 7.16. The van der Waals surface area contributed by atoms with Gasteiger partial charge in [-0.25, -0.2) is 4.98 Å². The van der Waals surface area contributed by atoms with Gasteiger partial charge in [-0.2, -0.15) is 26.3 Å². The molecule has 182 valence electrons. The maximum Gasteiger partial charge on any atom is 0.418 e. The molecule has 0 aliphatic rings. The molecular formula is C23H18ClF6FeN3. The third-order valence-corrected chi connectivity index (χ3v) is 4.49. The zero-order chi connectivity index (χ0) is 23.5. The van der Waals surface area contributed by atoms with Crippen molar-refractivity contribution in [2.75, 3.05) is 0 Å². The van der Waals surface area contributed by atoms with Crippen LogP contribution in [0.2, 0.25) is 0 Å². The van der Waals surface area contributed by atoms with Crippen LogP contribution in [0, 0.1) is 0 Å². The molecule has 3 nitrogen and oxygen atoms in total. The quantitative estimate of drug-likeness (QED) is 0.188. The van der Waals surface area contributed by atoms with Crippen LogP contribution in [0.3, 0.4) is 0 Å². The number of alkyl halides is 6. The second-order valence-corrected chi connectivity index (χ2v) is 6.83. The summed E-state index contributed by atoms with van der Waals surface area (Å²) in [6, 6.07) is 14.5. The summed E-state index contributed by atoms with van der Waals surface area (Å²) in [5.74, 6) is 0. The molecule has 3 aromatic rings. The maximum atomic E-state index is 13.2. The predicted octanol–water partition coefficient (Wildman–Crippen LogP) is 7.82. The van der Waals surface area contributed by atoms with Crippen LogP contribution >= 0.6 is 12.4 Å². The zero-order valence-electron chi connectivity index (χ0n) is 17.7. The van der Waals surface area contributed by atoms with Crippen molar-refractivity contribution in [3.63, 3.8) is 0 Å². The van der Waals surface area contributed by atoms with Crippen molar-refractivity contribution in [2.45, 2.75) is 26.2 Å². The Kier molecular flexibility index (Phi) is 10.0. The minimum absolute atomic E-state index is 0. The van der Waals surface area contributed by atoms with Crippen molar-refractivity contribution in [3.05, 3.63) is 89.2 Å². The Bertz CT molecular complexity index is 1100. The first-order chi connectivity index (χ1) is 15.0. The average Bonchev–Trinajstić information content (AvgIpc) is 2.73. The Hall–Kier alpha value is -2.68. The Morgan fingerprint density at radius 3 is 1.32 bits per heavy atom. The number of para-hydroxylation sites is 2. The van der Waals surface area contributed by atoms with Crippen molar-refractivity contribution in [2.24, 2.45) is 9.98 Å². The largest absolute Gasteiger partial charge is 0.418 e. The van der Waals surface area contributed by atoms with Crippen LogP contribution in [0.25, 0.3) is 0 Å². The second-order valence-electron chi connectivity index (χ2n) is 6.83. The smallest absolute Gasteiger partial charge is 0.251 e. The summed E-state index contributed by atoms with van der Waals surface area (Å²) in [5.41, 5.74) is -1.28. The number of benzene rings is 2. The zero-order valence-corrected chi connectivity index (χ0v) is 19.6. The molecule has 0 saturated heterocycles. The fourth-order valence-corrected chi connectivity index (χ4v) is 2.94. The number of hydrogen-bond donors (Lipinski definition) is 0. The molecule has 0 bridgehead atoms. The van der Waals surface area contributed by atoms with E-state index in [1.165, 1.54) is 50.2 Å². The minimum atomic E-state index is -4.56. The molecule has 11 heteroatoms. The first-order valence-corrected chi connectivity index (χ1v) is 9.37. The third-order valence-electron chi connectivity index (χ3n) is 4.49. The first kappa shape index (κ1) is 29.4. The summed E-state index contributed by atoms with van der Waals surface area (Å²) in [7, 11) is 0. The van der Waals surface area contributed by atoms with Gasteiger partial charge in [-0.3, -0.25) is 9.98 Å². The molecule has 0 aliphatic carbocycles. The van der Waals surface area contributed by atoms with E-state index in [0.717, 1.165) is 12.1 Å². The van der Waals surface area contributed by atoms with Gasteiger partial charge < -0.3 is 0 Å². The Balaban J connectivity index is 0.00000289. The summed E-state index contributed by atoms with van der Waals surface area (Å²) in [6.07, 6.45) is -9.13. The molecule has 0 unspecified atom stereocenters. The number of aliphatic imine (C=N–C) groups is 2. The van der Waals surface area contributed by atoms with Crippen molar-refractivity contribution < 1.29 is 43.4 Å². The van der Waals surface area contributed by atoms with Crippen LogP contribution in [-0.2, 0) is 29.4 Å². The van der Waals surface area contributed by atoms with Crippen LogP contribution < -0.4 is 0 Å². The molecule has 0 atom stereocenters. The van der Waals surface area contributed by atoms with Gasteiger partial charge >= 0.3 is 12.4 Å². The summed E-state index contributed by atoms with van der Waals surface area (Å²) < 4.78 is 79.3. The van der Waals surface area contributed by atoms with E-state index in [2.05, 4.69) is 15.0 Å². The van der Waals surface area contributed by atoms with Crippen LogP contribution in [-0.4, -0.2) is 16.4 Å². The number of rotatable bonds is 4. The predicted molar refractivity (Wildman–Crippen MR) is 118 cm³/mol. The van der Waals surface area contributed by atoms with Gasteiger partial charge in [0.15, 0.2) is 0 Å². The molecule has 2 aromatic carbocycles. The standard InChI is InChI=1S/C23H17F6N3.ClH.Fe/c1-14(30-20-10-5-3-8-16(20)22(24,25)26)18-12-7-13-19(32-18)15(2)31-21-11-6-4-9-17(21)23(27,28)29;;/h3-13H,1-2H3;1H;/b30-14+,31-15+;;. The van der Waals surface area contributed by atoms with Gasteiger partial charge in [0, 0.05) is 17.1 Å². The van der Waals surface area contributed by atoms with E-state index in [4.69, 9.17) is 0 Å². The van der Waals surface area contributed by atoms with Crippen LogP contribution in [0.15, 0.2) is 76.7 Å². The number of pyridine rings is 1. The van der Waals surface area contributed by atoms with Gasteiger partial charge in [0.05, 0.1) is 45.3 Å². The Morgan fingerprint density at radius 2 is 0.971 bits per heavy atom. The fourth-order valence-electron chi connectivity index (χ4n) is 2.94. The van der Waals surface area contributed by atoms with Crippen molar-refractivity contribution in [1.82, 2.24) is 4.98 Å². The van der Waals surface area contributed by atoms with E-state index in [0.29, 0.717) is 0 Å².